The van der Waals surface area contributed by atoms with Crippen molar-refractivity contribution >= 4 is 11.5 Å². The largest absolute Gasteiger partial charge is 0.378 e. The third-order valence-corrected chi connectivity index (χ3v) is 4.89. The van der Waals surface area contributed by atoms with E-state index in [1.807, 2.05) is 12.1 Å². The molecule has 134 valence electrons. The number of hydrogen-bond acceptors (Lipinski definition) is 4. The van der Waals surface area contributed by atoms with Crippen molar-refractivity contribution < 1.29 is 9.53 Å². The maximum Gasteiger partial charge on any atom is 0.159 e. The van der Waals surface area contributed by atoms with Crippen LogP contribution in [0, 0.1) is 11.3 Å². The van der Waals surface area contributed by atoms with Crippen LogP contribution in [-0.4, -0.2) is 31.6 Å². The molecule has 2 aromatic rings. The molecule has 0 radical (unpaired) electrons. The van der Waals surface area contributed by atoms with Gasteiger partial charge in [0.25, 0.3) is 0 Å². The van der Waals surface area contributed by atoms with E-state index in [4.69, 9.17) is 4.74 Å². The van der Waals surface area contributed by atoms with Crippen LogP contribution in [0.1, 0.15) is 41.3 Å². The van der Waals surface area contributed by atoms with Gasteiger partial charge in [0.2, 0.25) is 0 Å². The zero-order valence-electron chi connectivity index (χ0n) is 15.1. The molecule has 0 N–H and O–H groups in total. The quantitative estimate of drug-likeness (QED) is 0.741. The van der Waals surface area contributed by atoms with Crippen LogP contribution in [0.15, 0.2) is 48.5 Å². The Morgan fingerprint density at radius 2 is 1.92 bits per heavy atom. The maximum atomic E-state index is 11.6. The predicted octanol–water partition coefficient (Wildman–Crippen LogP) is 3.99. The van der Waals surface area contributed by atoms with Crippen molar-refractivity contribution in [2.75, 3.05) is 24.6 Å². The van der Waals surface area contributed by atoms with E-state index >= 15 is 0 Å². The molecule has 1 aliphatic rings. The Balaban J connectivity index is 1.54. The maximum absolute atomic E-state index is 11.6. The van der Waals surface area contributed by atoms with Crippen molar-refractivity contribution in [1.29, 1.82) is 5.26 Å². The number of ether oxygens (including phenoxy) is 1. The fraction of sp³-hybridized carbons (Fsp3) is 0.364. The number of piperidine rings is 1. The standard InChI is InChI=1S/C22H24N2O2/c1-17(25)19-7-8-20(16-23)22(15-19)24-12-9-21(10-13-24)26-14-11-18-5-3-2-4-6-18/h2-8,15,21H,9-14H2,1H3. The first-order valence-electron chi connectivity index (χ1n) is 9.13. The Hall–Kier alpha value is -2.64. The first-order chi connectivity index (χ1) is 12.7. The molecule has 3 rings (SSSR count). The molecule has 2 aromatic carbocycles. The fourth-order valence-electron chi connectivity index (χ4n) is 3.36. The lowest BCUT2D eigenvalue weighted by Gasteiger charge is -2.34. The number of rotatable bonds is 6. The second kappa shape index (κ2) is 8.64. The van der Waals surface area contributed by atoms with Crippen molar-refractivity contribution in [1.82, 2.24) is 0 Å². The van der Waals surface area contributed by atoms with Gasteiger partial charge >= 0.3 is 0 Å². The highest BCUT2D eigenvalue weighted by molar-refractivity contribution is 5.95. The Morgan fingerprint density at radius 1 is 1.19 bits per heavy atom. The first-order valence-corrected chi connectivity index (χ1v) is 9.13. The second-order valence-corrected chi connectivity index (χ2v) is 6.69. The summed E-state index contributed by atoms with van der Waals surface area (Å²) in [6.07, 6.45) is 3.06. The van der Waals surface area contributed by atoms with E-state index in [2.05, 4.69) is 35.2 Å². The van der Waals surface area contributed by atoms with Crippen LogP contribution in [0.4, 0.5) is 5.69 Å². The molecule has 0 bridgehead atoms. The van der Waals surface area contributed by atoms with Crippen LogP contribution < -0.4 is 4.90 Å². The van der Waals surface area contributed by atoms with Crippen molar-refractivity contribution in [3.63, 3.8) is 0 Å². The second-order valence-electron chi connectivity index (χ2n) is 6.69. The van der Waals surface area contributed by atoms with Crippen molar-refractivity contribution in [3.8, 4) is 6.07 Å². The normalized spacial score (nSPS) is 14.8. The van der Waals surface area contributed by atoms with E-state index in [1.165, 1.54) is 5.56 Å². The van der Waals surface area contributed by atoms with Crippen LogP contribution in [0.3, 0.4) is 0 Å². The van der Waals surface area contributed by atoms with Gasteiger partial charge in [-0.1, -0.05) is 30.3 Å². The number of ketones is 1. The lowest BCUT2D eigenvalue weighted by Crippen LogP contribution is -2.37. The number of carbonyl (C=O) groups excluding carboxylic acids is 1. The number of benzene rings is 2. The van der Waals surface area contributed by atoms with Gasteiger partial charge in [0.1, 0.15) is 6.07 Å². The summed E-state index contributed by atoms with van der Waals surface area (Å²) in [7, 11) is 0. The molecule has 0 unspecified atom stereocenters. The highest BCUT2D eigenvalue weighted by Gasteiger charge is 2.22. The smallest absolute Gasteiger partial charge is 0.159 e. The van der Waals surface area contributed by atoms with E-state index < -0.39 is 0 Å². The van der Waals surface area contributed by atoms with Gasteiger partial charge in [-0.3, -0.25) is 4.79 Å². The number of nitrogens with zero attached hydrogens (tertiary/aromatic N) is 2. The molecule has 0 aromatic heterocycles. The minimum atomic E-state index is 0.0230. The third kappa shape index (κ3) is 4.50. The number of Topliss-reactive ketones (excluding diaryl/α,β-unsaturated/α-hetero) is 1. The number of nitriles is 1. The third-order valence-electron chi connectivity index (χ3n) is 4.89. The van der Waals surface area contributed by atoms with Crippen molar-refractivity contribution in [2.45, 2.75) is 32.3 Å². The number of carbonyl (C=O) groups is 1. The molecule has 26 heavy (non-hydrogen) atoms. The van der Waals surface area contributed by atoms with Crippen molar-refractivity contribution in [3.05, 3.63) is 65.2 Å². The van der Waals surface area contributed by atoms with Gasteiger partial charge in [-0.2, -0.15) is 5.26 Å². The van der Waals surface area contributed by atoms with Gasteiger partial charge in [-0.05, 0) is 49.9 Å². The summed E-state index contributed by atoms with van der Waals surface area (Å²) in [5.41, 5.74) is 3.44. The molecule has 4 heteroatoms. The monoisotopic (exact) mass is 348 g/mol. The van der Waals surface area contributed by atoms with Crippen LogP contribution in [0.2, 0.25) is 0 Å². The Labute approximate surface area is 155 Å². The summed E-state index contributed by atoms with van der Waals surface area (Å²) in [5, 5.41) is 9.37. The van der Waals surface area contributed by atoms with Crippen molar-refractivity contribution in [2.24, 2.45) is 0 Å². The highest BCUT2D eigenvalue weighted by Crippen LogP contribution is 2.26. The van der Waals surface area contributed by atoms with Gasteiger partial charge in [0, 0.05) is 18.7 Å². The minimum Gasteiger partial charge on any atom is -0.378 e. The average Bonchev–Trinajstić information content (AvgIpc) is 2.69. The molecular weight excluding hydrogens is 324 g/mol. The predicted molar refractivity (Wildman–Crippen MR) is 102 cm³/mol. The van der Waals surface area contributed by atoms with Crippen LogP contribution in [0.25, 0.3) is 0 Å². The molecule has 0 atom stereocenters. The molecule has 1 aliphatic heterocycles. The molecule has 0 spiro atoms. The molecular formula is C22H24N2O2. The summed E-state index contributed by atoms with van der Waals surface area (Å²) >= 11 is 0. The van der Waals surface area contributed by atoms with Crippen LogP contribution in [0.5, 0.6) is 0 Å². The van der Waals surface area contributed by atoms with E-state index in [1.54, 1.807) is 19.1 Å². The van der Waals surface area contributed by atoms with E-state index in [0.717, 1.165) is 44.6 Å². The summed E-state index contributed by atoms with van der Waals surface area (Å²) in [4.78, 5) is 13.8. The van der Waals surface area contributed by atoms with E-state index in [0.29, 0.717) is 11.1 Å². The van der Waals surface area contributed by atoms with E-state index in [9.17, 15) is 10.1 Å². The summed E-state index contributed by atoms with van der Waals surface area (Å²) in [6.45, 7) is 3.97. The fourth-order valence-corrected chi connectivity index (χ4v) is 3.36. The molecule has 1 saturated heterocycles. The van der Waals surface area contributed by atoms with E-state index in [-0.39, 0.29) is 11.9 Å². The Bertz CT molecular complexity index is 788. The molecule has 0 aliphatic carbocycles. The first kappa shape index (κ1) is 18.2. The molecule has 4 nitrogen and oxygen atoms in total. The number of hydrogen-bond donors (Lipinski definition) is 0. The summed E-state index contributed by atoms with van der Waals surface area (Å²) in [6, 6.07) is 17.9. The van der Waals surface area contributed by atoms with Gasteiger partial charge in [-0.25, -0.2) is 0 Å². The topological polar surface area (TPSA) is 53.3 Å². The summed E-state index contributed by atoms with van der Waals surface area (Å²) in [5.74, 6) is 0.0230. The molecule has 1 heterocycles. The minimum absolute atomic E-state index is 0.0230. The summed E-state index contributed by atoms with van der Waals surface area (Å²) < 4.78 is 6.04. The Kier molecular flexibility index (Phi) is 6.04. The zero-order chi connectivity index (χ0) is 18.4. The van der Waals surface area contributed by atoms with Crippen LogP contribution >= 0.6 is 0 Å². The highest BCUT2D eigenvalue weighted by atomic mass is 16.5. The van der Waals surface area contributed by atoms with Crippen LogP contribution in [-0.2, 0) is 11.2 Å². The molecule has 0 amide bonds. The molecule has 1 fully saturated rings. The number of anilines is 1. The lowest BCUT2D eigenvalue weighted by atomic mass is 10.0. The van der Waals surface area contributed by atoms with Gasteiger partial charge in [0.05, 0.1) is 24.0 Å². The average molecular weight is 348 g/mol. The lowest BCUT2D eigenvalue weighted by molar-refractivity contribution is 0.0390. The Morgan fingerprint density at radius 3 is 2.58 bits per heavy atom. The van der Waals surface area contributed by atoms with Gasteiger partial charge < -0.3 is 9.64 Å². The SMILES string of the molecule is CC(=O)c1ccc(C#N)c(N2CCC(OCCc3ccccc3)CC2)c1. The zero-order valence-corrected chi connectivity index (χ0v) is 15.1. The van der Waals surface area contributed by atoms with Gasteiger partial charge in [0.15, 0.2) is 5.78 Å². The van der Waals surface area contributed by atoms with Gasteiger partial charge in [-0.15, -0.1) is 0 Å². The molecule has 0 saturated carbocycles.